The minimum Gasteiger partial charge on any atom is -0.360 e. The van der Waals surface area contributed by atoms with Crippen molar-refractivity contribution in [2.45, 2.75) is 13.3 Å². The number of hydrogen-bond donors (Lipinski definition) is 3. The summed E-state index contributed by atoms with van der Waals surface area (Å²) in [5.41, 5.74) is 1.77. The van der Waals surface area contributed by atoms with Crippen molar-refractivity contribution in [1.29, 1.82) is 5.26 Å². The molecule has 0 spiro atoms. The maximum absolute atomic E-state index is 12.1. The zero-order chi connectivity index (χ0) is 19.6. The number of anilines is 2. The van der Waals surface area contributed by atoms with Gasteiger partial charge in [0.05, 0.1) is 6.42 Å². The summed E-state index contributed by atoms with van der Waals surface area (Å²) in [5, 5.41) is 16.8. The molecule has 2 aromatic carbocycles. The second-order valence-corrected chi connectivity index (χ2v) is 5.61. The highest BCUT2D eigenvalue weighted by Crippen LogP contribution is 2.13. The Morgan fingerprint density at radius 3 is 2.22 bits per heavy atom. The van der Waals surface area contributed by atoms with E-state index in [1.807, 2.05) is 6.07 Å². The second-order valence-electron chi connectivity index (χ2n) is 5.61. The van der Waals surface area contributed by atoms with Crippen LogP contribution in [0.3, 0.4) is 0 Å². The lowest BCUT2D eigenvalue weighted by Crippen LogP contribution is -2.32. The van der Waals surface area contributed by atoms with Crippen LogP contribution in [0.5, 0.6) is 0 Å². The molecule has 0 unspecified atom stereocenters. The molecule has 0 fully saturated rings. The number of benzene rings is 2. The molecule has 0 saturated carbocycles. The SMILES string of the molecule is CC(=O)Nc1ccc(N/C=C(\C#N)C(=O)NC(=O)Cc2ccccc2)cc1. The largest absolute Gasteiger partial charge is 0.360 e. The van der Waals surface area contributed by atoms with E-state index in [2.05, 4.69) is 16.0 Å². The van der Waals surface area contributed by atoms with E-state index in [0.717, 1.165) is 5.56 Å². The first-order valence-corrected chi connectivity index (χ1v) is 8.10. The Morgan fingerprint density at radius 2 is 1.63 bits per heavy atom. The van der Waals surface area contributed by atoms with Crippen LogP contribution in [0.15, 0.2) is 66.4 Å². The van der Waals surface area contributed by atoms with E-state index in [1.165, 1.54) is 13.1 Å². The van der Waals surface area contributed by atoms with Gasteiger partial charge in [-0.05, 0) is 29.8 Å². The fourth-order valence-corrected chi connectivity index (χ4v) is 2.18. The number of nitrogens with one attached hydrogen (secondary N) is 3. The number of imide groups is 1. The predicted molar refractivity (Wildman–Crippen MR) is 101 cm³/mol. The van der Waals surface area contributed by atoms with Crippen molar-refractivity contribution in [3.05, 3.63) is 71.9 Å². The fraction of sp³-hybridized carbons (Fsp3) is 0.100. The lowest BCUT2D eigenvalue weighted by molar-refractivity contribution is -0.127. The molecule has 0 atom stereocenters. The van der Waals surface area contributed by atoms with Gasteiger partial charge in [0, 0.05) is 24.5 Å². The summed E-state index contributed by atoms with van der Waals surface area (Å²) in [6.45, 7) is 1.41. The average molecular weight is 362 g/mol. The molecule has 0 aliphatic carbocycles. The lowest BCUT2D eigenvalue weighted by Gasteiger charge is -2.06. The summed E-state index contributed by atoms with van der Waals surface area (Å²) >= 11 is 0. The first-order valence-electron chi connectivity index (χ1n) is 8.10. The zero-order valence-corrected chi connectivity index (χ0v) is 14.7. The van der Waals surface area contributed by atoms with Crippen LogP contribution in [-0.2, 0) is 20.8 Å². The van der Waals surface area contributed by atoms with Gasteiger partial charge in [-0.2, -0.15) is 5.26 Å². The Bertz CT molecular complexity index is 897. The number of carbonyl (C=O) groups excluding carboxylic acids is 3. The first kappa shape index (κ1) is 19.4. The Labute approximate surface area is 156 Å². The van der Waals surface area contributed by atoms with E-state index in [4.69, 9.17) is 5.26 Å². The van der Waals surface area contributed by atoms with Gasteiger partial charge in [-0.1, -0.05) is 30.3 Å². The van der Waals surface area contributed by atoms with Crippen molar-refractivity contribution in [3.8, 4) is 6.07 Å². The van der Waals surface area contributed by atoms with Crippen LogP contribution in [0.2, 0.25) is 0 Å². The van der Waals surface area contributed by atoms with Crippen LogP contribution in [0, 0.1) is 11.3 Å². The van der Waals surface area contributed by atoms with E-state index in [9.17, 15) is 14.4 Å². The van der Waals surface area contributed by atoms with E-state index >= 15 is 0 Å². The molecule has 0 aliphatic rings. The first-order chi connectivity index (χ1) is 13.0. The third-order valence-corrected chi connectivity index (χ3v) is 3.41. The Hall–Kier alpha value is -3.92. The molecule has 0 aliphatic heterocycles. The highest BCUT2D eigenvalue weighted by molar-refractivity contribution is 6.07. The van der Waals surface area contributed by atoms with Gasteiger partial charge >= 0.3 is 0 Å². The van der Waals surface area contributed by atoms with Crippen LogP contribution < -0.4 is 16.0 Å². The van der Waals surface area contributed by atoms with Gasteiger partial charge in [0.2, 0.25) is 11.8 Å². The van der Waals surface area contributed by atoms with E-state index in [1.54, 1.807) is 54.6 Å². The minimum atomic E-state index is -0.777. The van der Waals surface area contributed by atoms with Crippen molar-refractivity contribution in [2.75, 3.05) is 10.6 Å². The molecular formula is C20H18N4O3. The number of amides is 3. The van der Waals surface area contributed by atoms with E-state index in [0.29, 0.717) is 11.4 Å². The molecule has 3 N–H and O–H groups in total. The number of nitriles is 1. The van der Waals surface area contributed by atoms with Gasteiger partial charge in [0.1, 0.15) is 11.6 Å². The third kappa shape index (κ3) is 6.48. The van der Waals surface area contributed by atoms with Gasteiger partial charge in [-0.15, -0.1) is 0 Å². The molecule has 27 heavy (non-hydrogen) atoms. The Kier molecular flexibility index (Phi) is 6.85. The smallest absolute Gasteiger partial charge is 0.270 e. The van der Waals surface area contributed by atoms with Crippen molar-refractivity contribution < 1.29 is 14.4 Å². The fourth-order valence-electron chi connectivity index (χ4n) is 2.18. The Balaban J connectivity index is 1.94. The van der Waals surface area contributed by atoms with Crippen LogP contribution in [0.4, 0.5) is 11.4 Å². The molecular weight excluding hydrogens is 344 g/mol. The predicted octanol–water partition coefficient (Wildman–Crippen LogP) is 2.35. The normalized spacial score (nSPS) is 10.4. The van der Waals surface area contributed by atoms with Gasteiger partial charge in [0.25, 0.3) is 5.91 Å². The van der Waals surface area contributed by atoms with Crippen LogP contribution in [0.1, 0.15) is 12.5 Å². The van der Waals surface area contributed by atoms with E-state index < -0.39 is 11.8 Å². The summed E-state index contributed by atoms with van der Waals surface area (Å²) in [4.78, 5) is 35.0. The lowest BCUT2D eigenvalue weighted by atomic mass is 10.1. The number of hydrogen-bond acceptors (Lipinski definition) is 5. The molecule has 0 radical (unpaired) electrons. The standard InChI is InChI=1S/C20H18N4O3/c1-14(25)23-18-9-7-17(8-10-18)22-13-16(12-21)20(27)24-19(26)11-15-5-3-2-4-6-15/h2-10,13,22H,11H2,1H3,(H,23,25)(H,24,26,27)/b16-13+. The molecule has 7 heteroatoms. The molecule has 0 saturated heterocycles. The van der Waals surface area contributed by atoms with Crippen LogP contribution >= 0.6 is 0 Å². The molecule has 3 amide bonds. The van der Waals surface area contributed by atoms with E-state index in [-0.39, 0.29) is 17.9 Å². The van der Waals surface area contributed by atoms with Crippen molar-refractivity contribution in [3.63, 3.8) is 0 Å². The number of rotatable bonds is 6. The van der Waals surface area contributed by atoms with Crippen molar-refractivity contribution in [1.82, 2.24) is 5.32 Å². The average Bonchev–Trinajstić information content (AvgIpc) is 2.64. The highest BCUT2D eigenvalue weighted by Gasteiger charge is 2.13. The monoisotopic (exact) mass is 362 g/mol. The third-order valence-electron chi connectivity index (χ3n) is 3.41. The minimum absolute atomic E-state index is 0.0450. The Morgan fingerprint density at radius 1 is 1.00 bits per heavy atom. The molecule has 7 nitrogen and oxygen atoms in total. The van der Waals surface area contributed by atoms with Crippen LogP contribution in [0.25, 0.3) is 0 Å². The van der Waals surface area contributed by atoms with Gasteiger partial charge < -0.3 is 10.6 Å². The zero-order valence-electron chi connectivity index (χ0n) is 14.7. The number of carbonyl (C=O) groups is 3. The topological polar surface area (TPSA) is 111 Å². The highest BCUT2D eigenvalue weighted by atomic mass is 16.2. The van der Waals surface area contributed by atoms with Gasteiger partial charge in [-0.25, -0.2) is 0 Å². The van der Waals surface area contributed by atoms with Crippen molar-refractivity contribution in [2.24, 2.45) is 0 Å². The summed E-state index contributed by atoms with van der Waals surface area (Å²) in [7, 11) is 0. The summed E-state index contributed by atoms with van der Waals surface area (Å²) in [6.07, 6.45) is 1.27. The summed E-state index contributed by atoms with van der Waals surface area (Å²) in [6, 6.07) is 17.4. The maximum Gasteiger partial charge on any atom is 0.270 e. The molecule has 0 heterocycles. The van der Waals surface area contributed by atoms with Gasteiger partial charge in [-0.3, -0.25) is 19.7 Å². The maximum atomic E-state index is 12.1. The van der Waals surface area contributed by atoms with Gasteiger partial charge in [0.15, 0.2) is 0 Å². The van der Waals surface area contributed by atoms with Crippen LogP contribution in [-0.4, -0.2) is 17.7 Å². The molecule has 2 rings (SSSR count). The summed E-state index contributed by atoms with van der Waals surface area (Å²) < 4.78 is 0. The second kappa shape index (κ2) is 9.53. The van der Waals surface area contributed by atoms with Crippen molar-refractivity contribution >= 4 is 29.1 Å². The number of nitrogens with zero attached hydrogens (tertiary/aromatic N) is 1. The molecule has 0 bridgehead atoms. The summed E-state index contributed by atoms with van der Waals surface area (Å²) in [5.74, 6) is -1.45. The molecule has 2 aromatic rings. The molecule has 0 aromatic heterocycles. The molecule has 136 valence electrons. The quantitative estimate of drug-likeness (QED) is 0.539.